The third-order valence-electron chi connectivity index (χ3n) is 3.65. The minimum absolute atomic E-state index is 0.103. The van der Waals surface area contributed by atoms with Crippen molar-refractivity contribution in [1.29, 1.82) is 0 Å². The van der Waals surface area contributed by atoms with E-state index in [0.29, 0.717) is 19.0 Å². The molecule has 1 aliphatic rings. The van der Waals surface area contributed by atoms with Gasteiger partial charge in [-0.1, -0.05) is 19.9 Å². The van der Waals surface area contributed by atoms with Crippen molar-refractivity contribution in [1.82, 2.24) is 20.5 Å². The lowest BCUT2D eigenvalue weighted by molar-refractivity contribution is -0.124. The van der Waals surface area contributed by atoms with Crippen LogP contribution in [-0.2, 0) is 4.79 Å². The lowest BCUT2D eigenvalue weighted by atomic mass is 9.97. The number of aromatic nitrogens is 1. The maximum atomic E-state index is 11.5. The highest BCUT2D eigenvalue weighted by Crippen LogP contribution is 2.22. The van der Waals surface area contributed by atoms with E-state index in [1.165, 1.54) is 4.90 Å². The quantitative estimate of drug-likeness (QED) is 0.773. The van der Waals surface area contributed by atoms with Gasteiger partial charge < -0.3 is 10.6 Å². The van der Waals surface area contributed by atoms with Gasteiger partial charge in [0.1, 0.15) is 0 Å². The SMILES string of the molecule is Cc1cccnc1[C@H](NCCN1C(=O)CNC1=O)C(C)C. The average molecular weight is 290 g/mol. The highest BCUT2D eigenvalue weighted by Gasteiger charge is 2.28. The van der Waals surface area contributed by atoms with E-state index in [1.54, 1.807) is 6.20 Å². The predicted octanol–water partition coefficient (Wildman–Crippen LogP) is 1.23. The van der Waals surface area contributed by atoms with Crippen LogP contribution in [0.25, 0.3) is 0 Å². The summed E-state index contributed by atoms with van der Waals surface area (Å²) in [6.07, 6.45) is 1.79. The summed E-state index contributed by atoms with van der Waals surface area (Å²) >= 11 is 0. The third-order valence-corrected chi connectivity index (χ3v) is 3.65. The summed E-state index contributed by atoms with van der Waals surface area (Å²) in [7, 11) is 0. The van der Waals surface area contributed by atoms with E-state index in [9.17, 15) is 9.59 Å². The van der Waals surface area contributed by atoms with E-state index in [-0.39, 0.29) is 24.5 Å². The van der Waals surface area contributed by atoms with Crippen LogP contribution in [-0.4, -0.2) is 41.5 Å². The molecule has 21 heavy (non-hydrogen) atoms. The number of nitrogens with one attached hydrogen (secondary N) is 2. The van der Waals surface area contributed by atoms with Crippen molar-refractivity contribution in [2.24, 2.45) is 5.92 Å². The smallest absolute Gasteiger partial charge is 0.324 e. The van der Waals surface area contributed by atoms with Gasteiger partial charge in [-0.3, -0.25) is 14.7 Å². The van der Waals surface area contributed by atoms with Gasteiger partial charge in [-0.05, 0) is 24.5 Å². The van der Waals surface area contributed by atoms with Crippen molar-refractivity contribution < 1.29 is 9.59 Å². The van der Waals surface area contributed by atoms with Gasteiger partial charge in [0.25, 0.3) is 0 Å². The van der Waals surface area contributed by atoms with Crippen molar-refractivity contribution >= 4 is 11.9 Å². The Morgan fingerprint density at radius 1 is 1.43 bits per heavy atom. The zero-order valence-electron chi connectivity index (χ0n) is 12.7. The van der Waals surface area contributed by atoms with E-state index in [0.717, 1.165) is 11.3 Å². The number of carbonyl (C=O) groups excluding carboxylic acids is 2. The predicted molar refractivity (Wildman–Crippen MR) is 79.7 cm³/mol. The molecule has 0 aromatic carbocycles. The Morgan fingerprint density at radius 2 is 2.19 bits per heavy atom. The first-order chi connectivity index (χ1) is 10.0. The number of urea groups is 1. The summed E-state index contributed by atoms with van der Waals surface area (Å²) in [4.78, 5) is 28.7. The molecule has 1 atom stereocenters. The lowest BCUT2D eigenvalue weighted by Gasteiger charge is -2.24. The van der Waals surface area contributed by atoms with E-state index in [1.807, 2.05) is 19.1 Å². The maximum absolute atomic E-state index is 11.5. The molecule has 114 valence electrons. The molecule has 0 saturated carbocycles. The zero-order chi connectivity index (χ0) is 15.4. The number of nitrogens with zero attached hydrogens (tertiary/aromatic N) is 2. The summed E-state index contributed by atoms with van der Waals surface area (Å²) in [5.74, 6) is 0.193. The Balaban J connectivity index is 1.97. The van der Waals surface area contributed by atoms with Gasteiger partial charge in [0, 0.05) is 19.3 Å². The Kier molecular flexibility index (Phi) is 4.90. The second-order valence-electron chi connectivity index (χ2n) is 5.59. The molecule has 1 fully saturated rings. The van der Waals surface area contributed by atoms with Crippen LogP contribution in [0.3, 0.4) is 0 Å². The first kappa shape index (κ1) is 15.4. The molecule has 0 unspecified atom stereocenters. The van der Waals surface area contributed by atoms with Gasteiger partial charge in [-0.25, -0.2) is 4.79 Å². The number of aryl methyl sites for hydroxylation is 1. The zero-order valence-corrected chi connectivity index (χ0v) is 12.7. The molecule has 6 nitrogen and oxygen atoms in total. The van der Waals surface area contributed by atoms with Crippen molar-refractivity contribution in [3.05, 3.63) is 29.6 Å². The Hall–Kier alpha value is -1.95. The molecule has 1 aromatic heterocycles. The minimum atomic E-state index is -0.308. The highest BCUT2D eigenvalue weighted by molar-refractivity contribution is 6.01. The number of hydrogen-bond donors (Lipinski definition) is 2. The first-order valence-corrected chi connectivity index (χ1v) is 7.23. The summed E-state index contributed by atoms with van der Waals surface area (Å²) in [6.45, 7) is 7.32. The lowest BCUT2D eigenvalue weighted by Crippen LogP contribution is -2.39. The van der Waals surface area contributed by atoms with Crippen LogP contribution in [0.4, 0.5) is 4.79 Å². The van der Waals surface area contributed by atoms with Crippen LogP contribution in [0.2, 0.25) is 0 Å². The number of amides is 3. The summed E-state index contributed by atoms with van der Waals surface area (Å²) in [5.41, 5.74) is 2.16. The number of rotatable bonds is 6. The molecule has 6 heteroatoms. The van der Waals surface area contributed by atoms with Crippen LogP contribution in [0.5, 0.6) is 0 Å². The maximum Gasteiger partial charge on any atom is 0.324 e. The van der Waals surface area contributed by atoms with Crippen LogP contribution in [0, 0.1) is 12.8 Å². The van der Waals surface area contributed by atoms with Crippen LogP contribution in [0.15, 0.2) is 18.3 Å². The standard InChI is InChI=1S/C15H22N4O2/c1-10(2)13(14-11(3)5-4-6-16-14)17-7-8-19-12(20)9-18-15(19)21/h4-6,10,13,17H,7-9H2,1-3H3,(H,18,21)/t13-/m1/s1. The number of pyridine rings is 1. The highest BCUT2D eigenvalue weighted by atomic mass is 16.2. The Bertz CT molecular complexity index is 514. The van der Waals surface area contributed by atoms with Gasteiger partial charge in [0.2, 0.25) is 5.91 Å². The van der Waals surface area contributed by atoms with Gasteiger partial charge in [-0.2, -0.15) is 0 Å². The molecule has 1 aromatic rings. The minimum Gasteiger partial charge on any atom is -0.329 e. The fraction of sp³-hybridized carbons (Fsp3) is 0.533. The molecular weight excluding hydrogens is 268 g/mol. The van der Waals surface area contributed by atoms with Gasteiger partial charge in [-0.15, -0.1) is 0 Å². The fourth-order valence-electron chi connectivity index (χ4n) is 2.49. The van der Waals surface area contributed by atoms with E-state index in [2.05, 4.69) is 29.5 Å². The molecule has 0 spiro atoms. The van der Waals surface area contributed by atoms with Crippen LogP contribution >= 0.6 is 0 Å². The molecule has 0 aliphatic carbocycles. The van der Waals surface area contributed by atoms with Gasteiger partial charge in [0.05, 0.1) is 18.3 Å². The normalized spacial score (nSPS) is 16.5. The monoisotopic (exact) mass is 290 g/mol. The molecule has 3 amide bonds. The fourth-order valence-corrected chi connectivity index (χ4v) is 2.49. The molecule has 2 heterocycles. The molecular formula is C15H22N4O2. The molecule has 1 saturated heterocycles. The van der Waals surface area contributed by atoms with Gasteiger partial charge in [0.15, 0.2) is 0 Å². The number of imide groups is 1. The van der Waals surface area contributed by atoms with Crippen molar-refractivity contribution in [2.75, 3.05) is 19.6 Å². The molecule has 2 rings (SSSR count). The molecule has 0 bridgehead atoms. The third kappa shape index (κ3) is 3.58. The van der Waals surface area contributed by atoms with Crippen LogP contribution < -0.4 is 10.6 Å². The first-order valence-electron chi connectivity index (χ1n) is 7.23. The molecule has 1 aliphatic heterocycles. The number of carbonyl (C=O) groups is 2. The van der Waals surface area contributed by atoms with Crippen LogP contribution in [0.1, 0.15) is 31.1 Å². The largest absolute Gasteiger partial charge is 0.329 e. The van der Waals surface area contributed by atoms with E-state index in [4.69, 9.17) is 0 Å². The van der Waals surface area contributed by atoms with E-state index >= 15 is 0 Å². The average Bonchev–Trinajstić information content (AvgIpc) is 2.76. The summed E-state index contributed by atoms with van der Waals surface area (Å²) in [5, 5.41) is 5.93. The molecule has 0 radical (unpaired) electrons. The van der Waals surface area contributed by atoms with Crippen molar-refractivity contribution in [3.63, 3.8) is 0 Å². The van der Waals surface area contributed by atoms with Crippen molar-refractivity contribution in [2.45, 2.75) is 26.8 Å². The summed E-state index contributed by atoms with van der Waals surface area (Å²) in [6, 6.07) is 3.75. The van der Waals surface area contributed by atoms with Crippen molar-refractivity contribution in [3.8, 4) is 0 Å². The Labute approximate surface area is 124 Å². The van der Waals surface area contributed by atoms with E-state index < -0.39 is 0 Å². The topological polar surface area (TPSA) is 74.3 Å². The second-order valence-corrected chi connectivity index (χ2v) is 5.59. The number of hydrogen-bond acceptors (Lipinski definition) is 4. The Morgan fingerprint density at radius 3 is 2.76 bits per heavy atom. The molecule has 2 N–H and O–H groups in total. The second kappa shape index (κ2) is 6.67. The summed E-state index contributed by atoms with van der Waals surface area (Å²) < 4.78 is 0. The van der Waals surface area contributed by atoms with Gasteiger partial charge >= 0.3 is 6.03 Å².